The average Bonchev–Trinajstić information content (AvgIpc) is 3.43. The Balaban J connectivity index is 1.36. The molecule has 3 heterocycles. The fraction of sp³-hybridized carbons (Fsp3) is 0.391. The second-order valence-corrected chi connectivity index (χ2v) is 10.4. The van der Waals surface area contributed by atoms with Gasteiger partial charge in [0.25, 0.3) is 11.8 Å². The molecule has 33 heavy (non-hydrogen) atoms. The second kappa shape index (κ2) is 9.23. The molecule has 2 aromatic heterocycles. The Bertz CT molecular complexity index is 1160. The Kier molecular flexibility index (Phi) is 6.54. The number of aromatic amines is 1. The number of nitrogens with one attached hydrogen (secondary N) is 2. The molecular weight excluding hydrogens is 465 g/mol. The zero-order valence-electron chi connectivity index (χ0n) is 18.6. The molecule has 0 spiro atoms. The Labute approximate surface area is 200 Å². The number of H-pyrrole nitrogens is 1. The van der Waals surface area contributed by atoms with E-state index >= 15 is 0 Å². The van der Waals surface area contributed by atoms with Gasteiger partial charge in [-0.15, -0.1) is 11.3 Å². The van der Waals surface area contributed by atoms with Crippen LogP contribution >= 0.6 is 22.9 Å². The van der Waals surface area contributed by atoms with Crippen molar-refractivity contribution < 1.29 is 14.0 Å². The van der Waals surface area contributed by atoms with Gasteiger partial charge < -0.3 is 10.2 Å². The van der Waals surface area contributed by atoms with E-state index in [1.54, 1.807) is 10.3 Å². The first-order chi connectivity index (χ1) is 15.6. The van der Waals surface area contributed by atoms with E-state index in [0.717, 1.165) is 10.7 Å². The molecule has 2 amide bonds. The van der Waals surface area contributed by atoms with Gasteiger partial charge in [0.1, 0.15) is 11.5 Å². The van der Waals surface area contributed by atoms with Crippen molar-refractivity contribution in [2.75, 3.05) is 18.4 Å². The van der Waals surface area contributed by atoms with Gasteiger partial charge >= 0.3 is 0 Å². The first kappa shape index (κ1) is 23.4. The number of carbonyl (C=O) groups is 2. The molecule has 0 aliphatic carbocycles. The Hall–Kier alpha value is -2.78. The maximum Gasteiger partial charge on any atom is 0.276 e. The lowest BCUT2D eigenvalue weighted by Gasteiger charge is -2.31. The molecule has 7 nitrogen and oxygen atoms in total. The number of benzene rings is 1. The first-order valence-electron chi connectivity index (χ1n) is 10.7. The number of aromatic nitrogens is 3. The maximum absolute atomic E-state index is 14.1. The molecule has 0 saturated carbocycles. The number of thiazole rings is 1. The zero-order valence-corrected chi connectivity index (χ0v) is 20.2. The molecule has 1 aromatic carbocycles. The number of halogens is 2. The number of hydrogen-bond acceptors (Lipinski definition) is 5. The van der Waals surface area contributed by atoms with Crippen LogP contribution in [0, 0.1) is 5.82 Å². The molecule has 4 rings (SSSR count). The summed E-state index contributed by atoms with van der Waals surface area (Å²) in [6, 6.07) is 6.05. The van der Waals surface area contributed by atoms with E-state index in [4.69, 9.17) is 11.6 Å². The van der Waals surface area contributed by atoms with Crippen molar-refractivity contribution in [3.63, 3.8) is 0 Å². The van der Waals surface area contributed by atoms with E-state index in [-0.39, 0.29) is 27.8 Å². The monoisotopic (exact) mass is 489 g/mol. The third-order valence-corrected chi connectivity index (χ3v) is 7.01. The molecule has 0 bridgehead atoms. The average molecular weight is 490 g/mol. The number of amides is 2. The van der Waals surface area contributed by atoms with E-state index in [0.29, 0.717) is 37.4 Å². The van der Waals surface area contributed by atoms with Crippen LogP contribution in [0.15, 0.2) is 29.6 Å². The van der Waals surface area contributed by atoms with Gasteiger partial charge in [0.05, 0.1) is 15.6 Å². The molecule has 174 valence electrons. The van der Waals surface area contributed by atoms with Gasteiger partial charge in [-0.05, 0) is 25.0 Å². The molecular formula is C23H25ClFN5O2S. The van der Waals surface area contributed by atoms with Crippen molar-refractivity contribution in [1.29, 1.82) is 0 Å². The van der Waals surface area contributed by atoms with Gasteiger partial charge in [-0.25, -0.2) is 9.37 Å². The minimum atomic E-state index is -0.614. The highest BCUT2D eigenvalue weighted by Crippen LogP contribution is 2.32. The summed E-state index contributed by atoms with van der Waals surface area (Å²) in [5, 5.41) is 12.6. The van der Waals surface area contributed by atoms with E-state index in [1.165, 1.54) is 29.5 Å². The van der Waals surface area contributed by atoms with Crippen molar-refractivity contribution >= 4 is 40.6 Å². The Morgan fingerprint density at radius 3 is 2.64 bits per heavy atom. The summed E-state index contributed by atoms with van der Waals surface area (Å²) in [6.07, 6.45) is 1.36. The van der Waals surface area contributed by atoms with Crippen LogP contribution in [0.4, 0.5) is 10.2 Å². The molecule has 0 unspecified atom stereocenters. The fourth-order valence-electron chi connectivity index (χ4n) is 3.72. The smallest absolute Gasteiger partial charge is 0.276 e. The summed E-state index contributed by atoms with van der Waals surface area (Å²) in [5.41, 5.74) is 1.08. The molecule has 2 N–H and O–H groups in total. The van der Waals surface area contributed by atoms with Gasteiger partial charge in [0, 0.05) is 41.6 Å². The highest BCUT2D eigenvalue weighted by atomic mass is 35.5. The Morgan fingerprint density at radius 1 is 1.27 bits per heavy atom. The molecule has 1 saturated heterocycles. The molecule has 3 aromatic rings. The standard InChI is InChI=1S/C23H25ClFN5O2S/c1-23(2,3)17-11-18(29-28-17)27-20(31)16-12-33-21(26-16)13-7-9-30(10-8-13)22(32)19-14(24)5-4-6-15(19)25/h4-6,11-13H,7-10H2,1-3H3,(H2,27,28,29,31). The van der Waals surface area contributed by atoms with Gasteiger partial charge in [0.2, 0.25) is 0 Å². The van der Waals surface area contributed by atoms with Crippen molar-refractivity contribution in [3.8, 4) is 0 Å². The fourth-order valence-corrected chi connectivity index (χ4v) is 4.93. The Morgan fingerprint density at radius 2 is 2.00 bits per heavy atom. The lowest BCUT2D eigenvalue weighted by Crippen LogP contribution is -2.38. The van der Waals surface area contributed by atoms with Crippen LogP contribution in [-0.2, 0) is 5.41 Å². The highest BCUT2D eigenvalue weighted by Gasteiger charge is 2.29. The van der Waals surface area contributed by atoms with Crippen LogP contribution in [0.1, 0.15) is 71.1 Å². The number of carbonyl (C=O) groups excluding carboxylic acids is 2. The van der Waals surface area contributed by atoms with E-state index in [2.05, 4.69) is 41.3 Å². The summed E-state index contributed by atoms with van der Waals surface area (Å²) < 4.78 is 14.1. The van der Waals surface area contributed by atoms with Crippen LogP contribution < -0.4 is 5.32 Å². The zero-order chi connectivity index (χ0) is 23.8. The highest BCUT2D eigenvalue weighted by molar-refractivity contribution is 7.10. The van der Waals surface area contributed by atoms with Crippen LogP contribution in [0.5, 0.6) is 0 Å². The second-order valence-electron chi connectivity index (χ2n) is 9.11. The third-order valence-electron chi connectivity index (χ3n) is 5.69. The maximum atomic E-state index is 14.1. The molecule has 1 fully saturated rings. The van der Waals surface area contributed by atoms with Gasteiger partial charge in [-0.2, -0.15) is 5.10 Å². The van der Waals surface area contributed by atoms with Crippen LogP contribution in [0.3, 0.4) is 0 Å². The number of rotatable bonds is 4. The van der Waals surface area contributed by atoms with Gasteiger partial charge in [0.15, 0.2) is 5.82 Å². The number of nitrogens with zero attached hydrogens (tertiary/aromatic N) is 3. The predicted molar refractivity (Wildman–Crippen MR) is 127 cm³/mol. The molecule has 1 aliphatic heterocycles. The lowest BCUT2D eigenvalue weighted by atomic mass is 9.92. The van der Waals surface area contributed by atoms with Crippen molar-refractivity contribution in [3.05, 3.63) is 62.4 Å². The minimum absolute atomic E-state index is 0.0844. The summed E-state index contributed by atoms with van der Waals surface area (Å²) in [5.74, 6) is -0.736. The molecule has 0 radical (unpaired) electrons. The minimum Gasteiger partial charge on any atom is -0.338 e. The van der Waals surface area contributed by atoms with Crippen molar-refractivity contribution in [2.45, 2.75) is 44.9 Å². The van der Waals surface area contributed by atoms with E-state index < -0.39 is 11.7 Å². The van der Waals surface area contributed by atoms with Gasteiger partial charge in [-0.1, -0.05) is 38.4 Å². The predicted octanol–water partition coefficient (Wildman–Crippen LogP) is 5.23. The SMILES string of the molecule is CC(C)(C)c1cc(NC(=O)c2csc(C3CCN(C(=O)c4c(F)cccc4Cl)CC3)n2)n[nH]1. The lowest BCUT2D eigenvalue weighted by molar-refractivity contribution is 0.0708. The number of likely N-dealkylation sites (tertiary alicyclic amines) is 1. The first-order valence-corrected chi connectivity index (χ1v) is 11.9. The largest absolute Gasteiger partial charge is 0.338 e. The molecule has 10 heteroatoms. The summed E-state index contributed by atoms with van der Waals surface area (Å²) in [4.78, 5) is 31.5. The van der Waals surface area contributed by atoms with E-state index in [1.807, 2.05) is 6.07 Å². The van der Waals surface area contributed by atoms with Crippen LogP contribution in [0.2, 0.25) is 5.02 Å². The topological polar surface area (TPSA) is 91.0 Å². The number of hydrogen-bond donors (Lipinski definition) is 2. The summed E-state index contributed by atoms with van der Waals surface area (Å²) in [6.45, 7) is 7.12. The summed E-state index contributed by atoms with van der Waals surface area (Å²) >= 11 is 7.47. The van der Waals surface area contributed by atoms with Gasteiger partial charge in [-0.3, -0.25) is 14.7 Å². The molecule has 1 aliphatic rings. The van der Waals surface area contributed by atoms with E-state index in [9.17, 15) is 14.0 Å². The van der Waals surface area contributed by atoms with Crippen LogP contribution in [-0.4, -0.2) is 45.0 Å². The summed E-state index contributed by atoms with van der Waals surface area (Å²) in [7, 11) is 0. The normalized spacial score (nSPS) is 15.0. The molecule has 0 atom stereocenters. The quantitative estimate of drug-likeness (QED) is 0.525. The van der Waals surface area contributed by atoms with Crippen molar-refractivity contribution in [1.82, 2.24) is 20.1 Å². The third kappa shape index (κ3) is 5.09. The van der Waals surface area contributed by atoms with Crippen molar-refractivity contribution in [2.24, 2.45) is 0 Å². The number of piperidine rings is 1. The number of anilines is 1. The van der Waals surface area contributed by atoms with Crippen LogP contribution in [0.25, 0.3) is 0 Å².